The van der Waals surface area contributed by atoms with Gasteiger partial charge >= 0.3 is 18.0 Å². The van der Waals surface area contributed by atoms with E-state index in [0.717, 1.165) is 48.3 Å². The molecule has 0 fully saturated rings. The van der Waals surface area contributed by atoms with Crippen LogP contribution in [0.3, 0.4) is 0 Å². The number of aliphatic imine (C=N–C) groups is 1. The fourth-order valence-corrected chi connectivity index (χ4v) is 13.4. The average molecular weight is 1200 g/mol. The third-order valence-electron chi connectivity index (χ3n) is 14.6. The summed E-state index contributed by atoms with van der Waals surface area (Å²) in [7, 11) is -0.864. The third-order valence-corrected chi connectivity index (χ3v) is 18.6. The van der Waals surface area contributed by atoms with E-state index < -0.39 is 39.3 Å². The summed E-state index contributed by atoms with van der Waals surface area (Å²) in [6.07, 6.45) is 30.7. The Morgan fingerprint density at radius 2 is 1.15 bits per heavy atom. The van der Waals surface area contributed by atoms with E-state index in [1.54, 1.807) is 56.2 Å². The van der Waals surface area contributed by atoms with Crippen LogP contribution in [0.15, 0.2) is 9.89 Å². The molecule has 0 saturated carbocycles. The van der Waals surface area contributed by atoms with Crippen molar-refractivity contribution in [2.24, 2.45) is 10.7 Å². The number of hydrogen-bond acceptors (Lipinski definition) is 14. The number of esters is 2. The van der Waals surface area contributed by atoms with Crippen molar-refractivity contribution in [2.75, 3.05) is 57.4 Å². The number of ether oxygens (including phenoxy) is 4. The maximum Gasteiger partial charge on any atom is 0.408 e. The van der Waals surface area contributed by atoms with Crippen LogP contribution in [-0.4, -0.2) is 118 Å². The lowest BCUT2D eigenvalue weighted by atomic mass is 9.94. The van der Waals surface area contributed by atoms with Gasteiger partial charge < -0.3 is 40.2 Å². The number of fused-ring (bicyclic) bond motifs is 1. The second kappa shape index (κ2) is 42.4. The molecule has 1 aliphatic rings. The van der Waals surface area contributed by atoms with Gasteiger partial charge in [0.2, 0.25) is 11.9 Å². The van der Waals surface area contributed by atoms with Gasteiger partial charge in [-0.25, -0.2) is 17.9 Å². The summed E-state index contributed by atoms with van der Waals surface area (Å²) in [6, 6.07) is -0.946. The first-order valence-electron chi connectivity index (χ1n) is 31.3. The van der Waals surface area contributed by atoms with E-state index in [2.05, 4.69) is 39.1 Å². The molecule has 19 heteroatoms. The fraction of sp³-hybridized carbons (Fsp3) is 0.823. The zero-order valence-electron chi connectivity index (χ0n) is 52.2. The molecule has 0 spiro atoms. The number of amides is 2. The van der Waals surface area contributed by atoms with Crippen molar-refractivity contribution in [3.63, 3.8) is 0 Å². The molecular formula is C62H112N6O10S3. The number of rotatable bonds is 47. The normalized spacial score (nSPS) is 13.6. The summed E-state index contributed by atoms with van der Waals surface area (Å²) >= 11 is 0. The Labute approximate surface area is 499 Å². The number of alkyl carbamates (subject to hydrolysis) is 1. The van der Waals surface area contributed by atoms with Crippen molar-refractivity contribution < 1.29 is 46.5 Å². The topological polar surface area (TPSA) is 217 Å². The number of nitrogens with one attached hydrogen (secondary N) is 3. The Balaban J connectivity index is 1.86. The molecule has 0 aromatic heterocycles. The first kappa shape index (κ1) is 73.7. The average Bonchev–Trinajstić information content (AvgIpc) is 4.02. The minimum Gasteiger partial charge on any atom is -0.487 e. The van der Waals surface area contributed by atoms with Crippen molar-refractivity contribution in [3.05, 3.63) is 22.3 Å². The Bertz CT molecular complexity index is 2060. The van der Waals surface area contributed by atoms with Crippen LogP contribution in [0.4, 0.5) is 4.79 Å². The van der Waals surface area contributed by atoms with Gasteiger partial charge in [0.25, 0.3) is 10.0 Å². The van der Waals surface area contributed by atoms with E-state index in [-0.39, 0.29) is 48.6 Å². The van der Waals surface area contributed by atoms with Gasteiger partial charge in [0, 0.05) is 56.2 Å². The van der Waals surface area contributed by atoms with Crippen LogP contribution in [0.1, 0.15) is 251 Å². The van der Waals surface area contributed by atoms with Gasteiger partial charge in [-0.2, -0.15) is 0 Å². The van der Waals surface area contributed by atoms with E-state index in [0.29, 0.717) is 69.1 Å². The Morgan fingerprint density at radius 3 is 1.63 bits per heavy atom. The molecule has 2 rings (SSSR count). The molecule has 1 aliphatic heterocycles. The monoisotopic (exact) mass is 1200 g/mol. The SMILES string of the molecule is CCCCCCCCCCCCCCOC(=O)CCN(CCSSCCNC(=O)C(CCCN=C(N)NS(=O)(=O)c1c(C)c(C)c2c(c1C)CC(C)(C)O2)NC(=O)OC(C)(C)C)CCC(=O)OCCCCCCCCCCCCCC. The minimum atomic E-state index is -4.10. The molecule has 1 atom stereocenters. The molecule has 81 heavy (non-hydrogen) atoms. The maximum atomic E-state index is 13.7. The van der Waals surface area contributed by atoms with Crippen molar-refractivity contribution in [1.29, 1.82) is 0 Å². The number of sulfonamides is 1. The summed E-state index contributed by atoms with van der Waals surface area (Å²) in [5, 5.41) is 5.61. The van der Waals surface area contributed by atoms with Crippen LogP contribution >= 0.6 is 21.6 Å². The number of guanidine groups is 1. The summed E-state index contributed by atoms with van der Waals surface area (Å²) < 4.78 is 52.7. The largest absolute Gasteiger partial charge is 0.487 e. The second-order valence-electron chi connectivity index (χ2n) is 23.8. The maximum absolute atomic E-state index is 13.7. The van der Waals surface area contributed by atoms with Crippen LogP contribution in [0.25, 0.3) is 0 Å². The number of benzene rings is 1. The highest BCUT2D eigenvalue weighted by molar-refractivity contribution is 8.76. The molecule has 468 valence electrons. The van der Waals surface area contributed by atoms with Crippen molar-refractivity contribution >= 4 is 61.5 Å². The molecule has 1 aromatic carbocycles. The Morgan fingerprint density at radius 1 is 0.679 bits per heavy atom. The molecule has 0 saturated heterocycles. The standard InChI is InChI=1S/C62H112N6O10S3/c1-11-13-15-17-19-21-23-25-27-29-31-33-44-75-54(69)37-41-68(42-38-55(70)76-45-34-32-30-28-26-24-22-20-18-16-14-12-2)43-47-80-79-46-40-64-58(71)53(66-60(72)78-61(6,7)8)36-35-39-65-59(63)67-81(73,74)57-50(4)49(3)56-52(51(57)5)48-62(9,10)77-56/h53H,11-48H2,1-10H3,(H,64,71)(H,66,72)(H3,63,65,67). The van der Waals surface area contributed by atoms with Gasteiger partial charge in [-0.3, -0.25) is 19.4 Å². The molecule has 1 heterocycles. The van der Waals surface area contributed by atoms with Crippen molar-refractivity contribution in [3.8, 4) is 5.75 Å². The lowest BCUT2D eigenvalue weighted by Crippen LogP contribution is -2.48. The Kier molecular flexibility index (Phi) is 38.6. The van der Waals surface area contributed by atoms with E-state index in [1.807, 2.05) is 20.8 Å². The highest BCUT2D eigenvalue weighted by Crippen LogP contribution is 2.43. The van der Waals surface area contributed by atoms with E-state index >= 15 is 0 Å². The van der Waals surface area contributed by atoms with Crippen LogP contribution < -0.4 is 25.8 Å². The molecular weight excluding hydrogens is 1080 g/mol. The number of carbonyl (C=O) groups is 4. The van der Waals surface area contributed by atoms with E-state index in [9.17, 15) is 27.6 Å². The Hall–Kier alpha value is -3.42. The fourth-order valence-electron chi connectivity index (χ4n) is 9.94. The number of unbranched alkanes of at least 4 members (excludes halogenated alkanes) is 22. The lowest BCUT2D eigenvalue weighted by Gasteiger charge is -2.23. The minimum absolute atomic E-state index is 0.0855. The quantitative estimate of drug-likeness (QED) is 0.0119. The van der Waals surface area contributed by atoms with Crippen molar-refractivity contribution in [2.45, 2.75) is 278 Å². The first-order chi connectivity index (χ1) is 38.6. The van der Waals surface area contributed by atoms with Crippen LogP contribution in [-0.2, 0) is 45.0 Å². The molecule has 16 nitrogen and oxygen atoms in total. The summed E-state index contributed by atoms with van der Waals surface area (Å²) in [5.74, 6) is 0.917. The number of nitrogens with zero attached hydrogens (tertiary/aromatic N) is 2. The van der Waals surface area contributed by atoms with Gasteiger partial charge in [-0.05, 0) is 97.8 Å². The second-order valence-corrected chi connectivity index (χ2v) is 28.1. The zero-order chi connectivity index (χ0) is 59.9. The van der Waals surface area contributed by atoms with Gasteiger partial charge in [-0.1, -0.05) is 177 Å². The highest BCUT2D eigenvalue weighted by Gasteiger charge is 2.37. The van der Waals surface area contributed by atoms with Crippen LogP contribution in [0, 0.1) is 20.8 Å². The van der Waals surface area contributed by atoms with Crippen LogP contribution in [0.2, 0.25) is 0 Å². The molecule has 1 aromatic rings. The third kappa shape index (κ3) is 34.2. The summed E-state index contributed by atoms with van der Waals surface area (Å²) in [6.45, 7) is 21.9. The molecule has 1 unspecified atom stereocenters. The molecule has 0 aliphatic carbocycles. The summed E-state index contributed by atoms with van der Waals surface area (Å²) in [4.78, 5) is 58.5. The predicted octanol–water partition coefficient (Wildman–Crippen LogP) is 13.7. The number of carbonyl (C=O) groups excluding carboxylic acids is 4. The van der Waals surface area contributed by atoms with Gasteiger partial charge in [0.05, 0.1) is 31.0 Å². The molecule has 2 amide bonds. The molecule has 0 radical (unpaired) electrons. The smallest absolute Gasteiger partial charge is 0.408 e. The van der Waals surface area contributed by atoms with E-state index in [4.69, 9.17) is 24.7 Å². The molecule has 0 bridgehead atoms. The highest BCUT2D eigenvalue weighted by atomic mass is 33.1. The van der Waals surface area contributed by atoms with Gasteiger partial charge in [0.15, 0.2) is 0 Å². The van der Waals surface area contributed by atoms with Crippen molar-refractivity contribution in [1.82, 2.24) is 20.3 Å². The predicted molar refractivity (Wildman–Crippen MR) is 336 cm³/mol. The number of hydrogen-bond donors (Lipinski definition) is 4. The van der Waals surface area contributed by atoms with Gasteiger partial charge in [0.1, 0.15) is 23.0 Å². The molecule has 5 N–H and O–H groups in total. The van der Waals surface area contributed by atoms with E-state index in [1.165, 1.54) is 128 Å². The zero-order valence-corrected chi connectivity index (χ0v) is 54.7. The van der Waals surface area contributed by atoms with Crippen LogP contribution in [0.5, 0.6) is 5.75 Å². The summed E-state index contributed by atoms with van der Waals surface area (Å²) in [5.41, 5.74) is 7.70. The van der Waals surface area contributed by atoms with Gasteiger partial charge in [-0.15, -0.1) is 0 Å². The first-order valence-corrected chi connectivity index (χ1v) is 35.3. The lowest BCUT2D eigenvalue weighted by molar-refractivity contribution is -0.144. The number of nitrogens with two attached hydrogens (primary N) is 1.